The van der Waals surface area contributed by atoms with E-state index in [2.05, 4.69) is 31.4 Å². The fourth-order valence-electron chi connectivity index (χ4n) is 1.57. The Morgan fingerprint density at radius 2 is 2.16 bits per heavy atom. The molecule has 0 spiro atoms. The maximum atomic E-state index is 11.8. The predicted molar refractivity (Wildman–Crippen MR) is 74.9 cm³/mol. The zero-order valence-corrected chi connectivity index (χ0v) is 11.8. The van der Waals surface area contributed by atoms with Crippen molar-refractivity contribution in [3.63, 3.8) is 0 Å². The minimum absolute atomic E-state index is 0.187. The summed E-state index contributed by atoms with van der Waals surface area (Å²) in [6.07, 6.45) is 0. The Kier molecular flexibility index (Phi) is 4.11. The van der Waals surface area contributed by atoms with Crippen LogP contribution in [0.3, 0.4) is 0 Å². The molecule has 0 fully saturated rings. The van der Waals surface area contributed by atoms with Crippen molar-refractivity contribution in [2.45, 2.75) is 13.5 Å². The number of H-pyrrole nitrogens is 1. The molecule has 98 valence electrons. The van der Waals surface area contributed by atoms with Crippen LogP contribution in [0.25, 0.3) is 0 Å². The molecule has 0 bridgehead atoms. The number of aryl methyl sites for hydroxylation is 1. The van der Waals surface area contributed by atoms with Gasteiger partial charge < -0.3 is 5.32 Å². The summed E-state index contributed by atoms with van der Waals surface area (Å²) in [7, 11) is 0. The Labute approximate surface area is 118 Å². The molecule has 0 aliphatic carbocycles. The minimum Gasteiger partial charge on any atom is -0.347 e. The summed E-state index contributed by atoms with van der Waals surface area (Å²) >= 11 is 3.39. The van der Waals surface area contributed by atoms with E-state index in [4.69, 9.17) is 0 Å². The van der Waals surface area contributed by atoms with Gasteiger partial charge in [0.15, 0.2) is 0 Å². The third-order valence-electron chi connectivity index (χ3n) is 2.66. The van der Waals surface area contributed by atoms with Crippen LogP contribution in [0, 0.1) is 6.92 Å². The number of carbonyl (C=O) groups excluding carboxylic acids is 1. The van der Waals surface area contributed by atoms with Gasteiger partial charge in [-0.15, -0.1) is 0 Å². The zero-order valence-electron chi connectivity index (χ0n) is 10.2. The van der Waals surface area contributed by atoms with Gasteiger partial charge in [-0.1, -0.05) is 22.0 Å². The van der Waals surface area contributed by atoms with Gasteiger partial charge in [0.2, 0.25) is 0 Å². The average Bonchev–Trinajstić information content (AvgIpc) is 2.40. The van der Waals surface area contributed by atoms with E-state index < -0.39 is 0 Å². The summed E-state index contributed by atoms with van der Waals surface area (Å²) in [4.78, 5) is 22.7. The Morgan fingerprint density at radius 3 is 2.84 bits per heavy atom. The first-order chi connectivity index (χ1) is 9.06. The number of benzene rings is 1. The van der Waals surface area contributed by atoms with E-state index in [0.29, 0.717) is 6.54 Å². The lowest BCUT2D eigenvalue weighted by molar-refractivity contribution is 0.0944. The topological polar surface area (TPSA) is 74.8 Å². The highest BCUT2D eigenvalue weighted by Crippen LogP contribution is 2.15. The van der Waals surface area contributed by atoms with Crippen LogP contribution in [0.2, 0.25) is 0 Å². The molecule has 0 radical (unpaired) electrons. The highest BCUT2D eigenvalue weighted by atomic mass is 79.9. The lowest BCUT2D eigenvalue weighted by atomic mass is 10.1. The first-order valence-electron chi connectivity index (χ1n) is 5.65. The molecule has 0 aliphatic heterocycles. The molecule has 1 heterocycles. The van der Waals surface area contributed by atoms with Crippen LogP contribution in [0.15, 0.2) is 39.6 Å². The Hall–Kier alpha value is -1.95. The molecule has 1 aromatic carbocycles. The largest absolute Gasteiger partial charge is 0.347 e. The molecule has 2 N–H and O–H groups in total. The van der Waals surface area contributed by atoms with E-state index in [0.717, 1.165) is 15.6 Å². The summed E-state index contributed by atoms with van der Waals surface area (Å²) in [6.45, 7) is 2.39. The van der Waals surface area contributed by atoms with E-state index in [9.17, 15) is 9.59 Å². The van der Waals surface area contributed by atoms with Gasteiger partial charge in [0, 0.05) is 17.1 Å². The van der Waals surface area contributed by atoms with E-state index in [1.165, 1.54) is 12.1 Å². The summed E-state index contributed by atoms with van der Waals surface area (Å²) in [5.74, 6) is -0.323. The maximum absolute atomic E-state index is 11.8. The Morgan fingerprint density at radius 1 is 1.37 bits per heavy atom. The third-order valence-corrected chi connectivity index (χ3v) is 3.16. The van der Waals surface area contributed by atoms with Gasteiger partial charge in [0.25, 0.3) is 11.5 Å². The highest BCUT2D eigenvalue weighted by molar-refractivity contribution is 9.10. The molecule has 0 atom stereocenters. The van der Waals surface area contributed by atoms with Gasteiger partial charge >= 0.3 is 0 Å². The molecule has 0 aliphatic rings. The van der Waals surface area contributed by atoms with Crippen molar-refractivity contribution in [3.8, 4) is 0 Å². The molecule has 6 heteroatoms. The Bertz CT molecular complexity index is 647. The summed E-state index contributed by atoms with van der Waals surface area (Å²) < 4.78 is 0.963. The Balaban J connectivity index is 2.06. The van der Waals surface area contributed by atoms with Crippen LogP contribution >= 0.6 is 15.9 Å². The van der Waals surface area contributed by atoms with Gasteiger partial charge in [-0.05, 0) is 36.2 Å². The van der Waals surface area contributed by atoms with Gasteiger partial charge in [0.1, 0.15) is 5.69 Å². The van der Waals surface area contributed by atoms with Crippen LogP contribution in [0.5, 0.6) is 0 Å². The van der Waals surface area contributed by atoms with Crippen LogP contribution < -0.4 is 10.9 Å². The number of hydrogen-bond acceptors (Lipinski definition) is 3. The van der Waals surface area contributed by atoms with Gasteiger partial charge in [-0.2, -0.15) is 5.10 Å². The number of aromatic amines is 1. The highest BCUT2D eigenvalue weighted by Gasteiger charge is 2.07. The van der Waals surface area contributed by atoms with E-state index in [1.807, 2.05) is 25.1 Å². The van der Waals surface area contributed by atoms with Crippen molar-refractivity contribution in [2.75, 3.05) is 0 Å². The number of amides is 1. The average molecular weight is 322 g/mol. The van der Waals surface area contributed by atoms with Crippen molar-refractivity contribution < 1.29 is 4.79 Å². The standard InChI is InChI=1S/C13H12BrN3O2/c1-8-2-3-10(14)6-9(8)7-15-13(19)11-4-5-12(18)17-16-11/h2-6H,7H2,1H3,(H,15,19)(H,17,18). The molecule has 0 saturated carbocycles. The molecule has 5 nitrogen and oxygen atoms in total. The first-order valence-corrected chi connectivity index (χ1v) is 6.44. The van der Waals surface area contributed by atoms with Crippen molar-refractivity contribution in [2.24, 2.45) is 0 Å². The fraction of sp³-hybridized carbons (Fsp3) is 0.154. The summed E-state index contributed by atoms with van der Waals surface area (Å²) in [5.41, 5.74) is 1.97. The molecule has 19 heavy (non-hydrogen) atoms. The number of halogens is 1. The lowest BCUT2D eigenvalue weighted by Gasteiger charge is -2.08. The fourth-order valence-corrected chi connectivity index (χ4v) is 1.98. The smallest absolute Gasteiger partial charge is 0.271 e. The number of rotatable bonds is 3. The summed E-state index contributed by atoms with van der Waals surface area (Å²) in [6, 6.07) is 8.54. The number of nitrogens with one attached hydrogen (secondary N) is 2. The number of nitrogens with zero attached hydrogens (tertiary/aromatic N) is 1. The van der Waals surface area contributed by atoms with E-state index in [1.54, 1.807) is 0 Å². The molecule has 0 unspecified atom stereocenters. The second kappa shape index (κ2) is 5.79. The van der Waals surface area contributed by atoms with E-state index >= 15 is 0 Å². The molecular weight excluding hydrogens is 310 g/mol. The second-order valence-electron chi connectivity index (χ2n) is 4.06. The van der Waals surface area contributed by atoms with Crippen LogP contribution in [0.1, 0.15) is 21.6 Å². The molecule has 2 aromatic rings. The summed E-state index contributed by atoms with van der Waals surface area (Å²) in [5, 5.41) is 8.66. The molecule has 1 amide bonds. The zero-order chi connectivity index (χ0) is 13.8. The van der Waals surface area contributed by atoms with Crippen molar-refractivity contribution in [1.82, 2.24) is 15.5 Å². The quantitative estimate of drug-likeness (QED) is 0.904. The van der Waals surface area contributed by atoms with Gasteiger partial charge in [0.05, 0.1) is 0 Å². The number of aromatic nitrogens is 2. The van der Waals surface area contributed by atoms with Crippen LogP contribution in [0.4, 0.5) is 0 Å². The normalized spacial score (nSPS) is 10.2. The first kappa shape index (κ1) is 13.5. The molecule has 2 rings (SSSR count). The minimum atomic E-state index is -0.334. The van der Waals surface area contributed by atoms with Crippen molar-refractivity contribution in [3.05, 3.63) is 62.0 Å². The third kappa shape index (κ3) is 3.51. The number of carbonyl (C=O) groups is 1. The van der Waals surface area contributed by atoms with Crippen molar-refractivity contribution in [1.29, 1.82) is 0 Å². The van der Waals surface area contributed by atoms with E-state index in [-0.39, 0.29) is 17.2 Å². The van der Waals surface area contributed by atoms with Gasteiger partial charge in [-0.25, -0.2) is 5.10 Å². The number of hydrogen-bond donors (Lipinski definition) is 2. The molecule has 1 aromatic heterocycles. The lowest BCUT2D eigenvalue weighted by Crippen LogP contribution is -2.25. The second-order valence-corrected chi connectivity index (χ2v) is 4.98. The molecule has 0 saturated heterocycles. The van der Waals surface area contributed by atoms with Crippen LogP contribution in [-0.2, 0) is 6.54 Å². The van der Waals surface area contributed by atoms with Crippen molar-refractivity contribution >= 4 is 21.8 Å². The van der Waals surface area contributed by atoms with Crippen LogP contribution in [-0.4, -0.2) is 16.1 Å². The SMILES string of the molecule is Cc1ccc(Br)cc1CNC(=O)c1ccc(=O)[nH]n1. The maximum Gasteiger partial charge on any atom is 0.271 e. The van der Waals surface area contributed by atoms with Gasteiger partial charge in [-0.3, -0.25) is 9.59 Å². The molecular formula is C13H12BrN3O2. The predicted octanol–water partition coefficient (Wildman–Crippen LogP) is 1.77. The monoisotopic (exact) mass is 321 g/mol.